The Morgan fingerprint density at radius 3 is 2.43 bits per heavy atom. The van der Waals surface area contributed by atoms with Crippen molar-refractivity contribution >= 4 is 17.3 Å². The zero-order valence-corrected chi connectivity index (χ0v) is 13.4. The van der Waals surface area contributed by atoms with Crippen LogP contribution in [-0.2, 0) is 0 Å². The molecule has 0 aliphatic carbocycles. The molecule has 0 aromatic carbocycles. The van der Waals surface area contributed by atoms with Crippen molar-refractivity contribution in [1.29, 1.82) is 0 Å². The highest BCUT2D eigenvalue weighted by molar-refractivity contribution is 5.55. The summed E-state index contributed by atoms with van der Waals surface area (Å²) in [5.41, 5.74) is 0.0378. The molecule has 0 saturated carbocycles. The smallest absolute Gasteiger partial charge is 0.276 e. The molecule has 0 saturated heterocycles. The maximum atomic E-state index is 11.0. The van der Waals surface area contributed by atoms with E-state index in [0.29, 0.717) is 24.1 Å². The van der Waals surface area contributed by atoms with Crippen molar-refractivity contribution in [3.8, 4) is 0 Å². The van der Waals surface area contributed by atoms with Crippen molar-refractivity contribution in [3.05, 3.63) is 22.2 Å². The standard InChI is InChI=1S/C14H25N5O2/c1-6-15-13-7-11(19(20)21)8-14(17-13)16-12(10(2)3)9-18(4)5/h7-8,10,12H,6,9H2,1-5H3,(H2,15,16,17). The van der Waals surface area contributed by atoms with E-state index in [1.54, 1.807) is 0 Å². The normalized spacial score (nSPS) is 12.5. The number of anilines is 2. The molecule has 0 aliphatic rings. The zero-order chi connectivity index (χ0) is 16.0. The van der Waals surface area contributed by atoms with E-state index in [2.05, 4.69) is 34.4 Å². The maximum Gasteiger partial charge on any atom is 0.276 e. The van der Waals surface area contributed by atoms with Crippen LogP contribution in [0.15, 0.2) is 12.1 Å². The SMILES string of the molecule is CCNc1cc([N+](=O)[O-])cc(NC(CN(C)C)C(C)C)n1. The molecule has 0 amide bonds. The summed E-state index contributed by atoms with van der Waals surface area (Å²) in [7, 11) is 4.00. The number of aromatic nitrogens is 1. The van der Waals surface area contributed by atoms with Crippen molar-refractivity contribution in [2.45, 2.75) is 26.8 Å². The Balaban J connectivity index is 3.01. The lowest BCUT2D eigenvalue weighted by molar-refractivity contribution is -0.384. The molecular weight excluding hydrogens is 270 g/mol. The summed E-state index contributed by atoms with van der Waals surface area (Å²) in [5, 5.41) is 17.3. The van der Waals surface area contributed by atoms with Gasteiger partial charge in [0.05, 0.1) is 17.1 Å². The number of hydrogen-bond donors (Lipinski definition) is 2. The lowest BCUT2D eigenvalue weighted by Gasteiger charge is -2.26. The molecule has 1 unspecified atom stereocenters. The second kappa shape index (κ2) is 7.78. The summed E-state index contributed by atoms with van der Waals surface area (Å²) in [6.45, 7) is 7.65. The van der Waals surface area contributed by atoms with Crippen molar-refractivity contribution in [3.63, 3.8) is 0 Å². The first-order valence-corrected chi connectivity index (χ1v) is 7.15. The van der Waals surface area contributed by atoms with Crippen LogP contribution < -0.4 is 10.6 Å². The second-order valence-electron chi connectivity index (χ2n) is 5.64. The number of nitro groups is 1. The van der Waals surface area contributed by atoms with Crippen molar-refractivity contribution < 1.29 is 4.92 Å². The lowest BCUT2D eigenvalue weighted by Crippen LogP contribution is -2.36. The lowest BCUT2D eigenvalue weighted by atomic mass is 10.0. The topological polar surface area (TPSA) is 83.3 Å². The molecule has 0 radical (unpaired) electrons. The molecule has 0 bridgehead atoms. The largest absolute Gasteiger partial charge is 0.370 e. The molecule has 1 atom stereocenters. The van der Waals surface area contributed by atoms with E-state index in [4.69, 9.17) is 0 Å². The van der Waals surface area contributed by atoms with Crippen molar-refractivity contribution in [2.75, 3.05) is 37.8 Å². The average Bonchev–Trinajstić information content (AvgIpc) is 2.37. The number of rotatable bonds is 8. The summed E-state index contributed by atoms with van der Waals surface area (Å²) in [5.74, 6) is 1.43. The molecule has 0 fully saturated rings. The van der Waals surface area contributed by atoms with Crippen LogP contribution in [0.2, 0.25) is 0 Å². The highest BCUT2D eigenvalue weighted by Gasteiger charge is 2.17. The van der Waals surface area contributed by atoms with Gasteiger partial charge < -0.3 is 15.5 Å². The fraction of sp³-hybridized carbons (Fsp3) is 0.643. The predicted molar refractivity (Wildman–Crippen MR) is 85.9 cm³/mol. The first-order valence-electron chi connectivity index (χ1n) is 7.15. The Morgan fingerprint density at radius 2 is 1.95 bits per heavy atom. The molecule has 1 aromatic rings. The van der Waals surface area contributed by atoms with E-state index in [1.165, 1.54) is 12.1 Å². The minimum Gasteiger partial charge on any atom is -0.370 e. The Hall–Kier alpha value is -1.89. The summed E-state index contributed by atoms with van der Waals surface area (Å²) in [6, 6.07) is 3.10. The van der Waals surface area contributed by atoms with E-state index < -0.39 is 4.92 Å². The van der Waals surface area contributed by atoms with Gasteiger partial charge in [-0.2, -0.15) is 0 Å². The number of hydrogen-bond acceptors (Lipinski definition) is 6. The summed E-state index contributed by atoms with van der Waals surface area (Å²) < 4.78 is 0. The van der Waals surface area contributed by atoms with Crippen LogP contribution in [0.5, 0.6) is 0 Å². The van der Waals surface area contributed by atoms with Crippen LogP contribution in [0.1, 0.15) is 20.8 Å². The van der Waals surface area contributed by atoms with Crippen LogP contribution in [0.3, 0.4) is 0 Å². The van der Waals surface area contributed by atoms with Crippen molar-refractivity contribution in [2.24, 2.45) is 5.92 Å². The van der Waals surface area contributed by atoms with E-state index in [0.717, 1.165) is 6.54 Å². The van der Waals surface area contributed by atoms with Gasteiger partial charge in [0.2, 0.25) is 0 Å². The van der Waals surface area contributed by atoms with Gasteiger partial charge >= 0.3 is 0 Å². The minimum atomic E-state index is -0.399. The molecule has 0 aliphatic heterocycles. The molecular formula is C14H25N5O2. The van der Waals surface area contributed by atoms with Crippen LogP contribution in [-0.4, -0.2) is 48.0 Å². The summed E-state index contributed by atoms with van der Waals surface area (Å²) in [6.07, 6.45) is 0. The van der Waals surface area contributed by atoms with Crippen LogP contribution in [0, 0.1) is 16.0 Å². The van der Waals surface area contributed by atoms with Gasteiger partial charge in [-0.15, -0.1) is 0 Å². The van der Waals surface area contributed by atoms with Crippen LogP contribution in [0.25, 0.3) is 0 Å². The Bertz CT molecular complexity index is 476. The maximum absolute atomic E-state index is 11.0. The average molecular weight is 295 g/mol. The number of nitrogens with one attached hydrogen (secondary N) is 2. The van der Waals surface area contributed by atoms with E-state index in [-0.39, 0.29) is 11.7 Å². The second-order valence-corrected chi connectivity index (χ2v) is 5.64. The van der Waals surface area contributed by atoms with Gasteiger partial charge in [0.1, 0.15) is 11.6 Å². The van der Waals surface area contributed by atoms with Gasteiger partial charge in [0, 0.05) is 19.1 Å². The molecule has 1 aromatic heterocycles. The third-order valence-electron chi connectivity index (χ3n) is 3.08. The third kappa shape index (κ3) is 5.55. The summed E-state index contributed by atoms with van der Waals surface area (Å²) >= 11 is 0. The highest BCUT2D eigenvalue weighted by atomic mass is 16.6. The molecule has 7 heteroatoms. The van der Waals surface area contributed by atoms with E-state index in [9.17, 15) is 10.1 Å². The molecule has 118 valence electrons. The Kier molecular flexibility index (Phi) is 6.36. The molecule has 21 heavy (non-hydrogen) atoms. The van der Waals surface area contributed by atoms with Gasteiger partial charge in [0.15, 0.2) is 0 Å². The quantitative estimate of drug-likeness (QED) is 0.566. The number of pyridine rings is 1. The van der Waals surface area contributed by atoms with Gasteiger partial charge in [0.25, 0.3) is 5.69 Å². The third-order valence-corrected chi connectivity index (χ3v) is 3.08. The predicted octanol–water partition coefficient (Wildman–Crippen LogP) is 2.42. The van der Waals surface area contributed by atoms with Crippen LogP contribution in [0.4, 0.5) is 17.3 Å². The van der Waals surface area contributed by atoms with Crippen LogP contribution >= 0.6 is 0 Å². The summed E-state index contributed by atoms with van der Waals surface area (Å²) in [4.78, 5) is 17.1. The molecule has 1 rings (SSSR count). The molecule has 1 heterocycles. The van der Waals surface area contributed by atoms with Crippen molar-refractivity contribution in [1.82, 2.24) is 9.88 Å². The fourth-order valence-corrected chi connectivity index (χ4v) is 1.97. The van der Waals surface area contributed by atoms with E-state index in [1.807, 2.05) is 21.0 Å². The zero-order valence-electron chi connectivity index (χ0n) is 13.4. The van der Waals surface area contributed by atoms with E-state index >= 15 is 0 Å². The number of nitrogens with zero attached hydrogens (tertiary/aromatic N) is 3. The van der Waals surface area contributed by atoms with Gasteiger partial charge in [-0.3, -0.25) is 10.1 Å². The molecule has 7 nitrogen and oxygen atoms in total. The molecule has 2 N–H and O–H groups in total. The first-order chi connectivity index (χ1) is 9.83. The van der Waals surface area contributed by atoms with Gasteiger partial charge in [-0.1, -0.05) is 13.8 Å². The fourth-order valence-electron chi connectivity index (χ4n) is 1.97. The van der Waals surface area contributed by atoms with Gasteiger partial charge in [-0.05, 0) is 26.9 Å². The Labute approximate surface area is 125 Å². The Morgan fingerprint density at radius 1 is 1.33 bits per heavy atom. The van der Waals surface area contributed by atoms with Gasteiger partial charge in [-0.25, -0.2) is 4.98 Å². The molecule has 0 spiro atoms. The highest BCUT2D eigenvalue weighted by Crippen LogP contribution is 2.22. The first kappa shape index (κ1) is 17.2. The minimum absolute atomic E-state index is 0.0378. The number of likely N-dealkylation sites (N-methyl/N-ethyl adjacent to an activating group) is 1. The monoisotopic (exact) mass is 295 g/mol.